The predicted molar refractivity (Wildman–Crippen MR) is 92.3 cm³/mol. The lowest BCUT2D eigenvalue weighted by Crippen LogP contribution is -1.96. The minimum absolute atomic E-state index is 0.222. The molecule has 0 aliphatic heterocycles. The van der Waals surface area contributed by atoms with E-state index >= 15 is 0 Å². The molecule has 0 bridgehead atoms. The smallest absolute Gasteiger partial charge is 0.175 e. The van der Waals surface area contributed by atoms with Crippen LogP contribution in [0.3, 0.4) is 0 Å². The monoisotopic (exact) mass is 364 g/mol. The van der Waals surface area contributed by atoms with Crippen molar-refractivity contribution in [2.75, 3.05) is 6.26 Å². The van der Waals surface area contributed by atoms with E-state index in [2.05, 4.69) is 10.2 Å². The number of hydrogen-bond acceptors (Lipinski definition) is 3. The summed E-state index contributed by atoms with van der Waals surface area (Å²) in [5, 5.41) is 7.04. The molecule has 2 aromatic carbocycles. The molecule has 4 nitrogen and oxygen atoms in total. The van der Waals surface area contributed by atoms with Crippen LogP contribution in [-0.4, -0.2) is 24.9 Å². The Morgan fingerprint density at radius 1 is 1.08 bits per heavy atom. The molecule has 0 aliphatic carbocycles. The summed E-state index contributed by atoms with van der Waals surface area (Å²) in [4.78, 5) is 0.222. The van der Waals surface area contributed by atoms with Crippen LogP contribution in [0.2, 0.25) is 5.15 Å². The summed E-state index contributed by atoms with van der Waals surface area (Å²) in [6, 6.07) is 11.2. The third kappa shape index (κ3) is 3.07. The van der Waals surface area contributed by atoms with Gasteiger partial charge in [-0.15, -0.1) is 0 Å². The number of rotatable bonds is 3. The number of benzene rings is 2. The van der Waals surface area contributed by atoms with E-state index < -0.39 is 9.84 Å². The molecule has 3 rings (SSSR count). The van der Waals surface area contributed by atoms with E-state index in [1.165, 1.54) is 18.2 Å². The lowest BCUT2D eigenvalue weighted by molar-refractivity contribution is 0.602. The fraction of sp³-hybridized carbons (Fsp3) is 0.118. The van der Waals surface area contributed by atoms with Crippen LogP contribution >= 0.6 is 11.6 Å². The number of aryl methyl sites for hydroxylation is 1. The maximum absolute atomic E-state index is 13.9. The van der Waals surface area contributed by atoms with E-state index in [0.717, 1.165) is 6.26 Å². The molecule has 0 atom stereocenters. The molecule has 124 valence electrons. The Labute approximate surface area is 144 Å². The van der Waals surface area contributed by atoms with Crippen LogP contribution < -0.4 is 0 Å². The molecule has 0 saturated carbocycles. The topological polar surface area (TPSA) is 62.8 Å². The van der Waals surface area contributed by atoms with Gasteiger partial charge in [0.25, 0.3) is 0 Å². The summed E-state index contributed by atoms with van der Waals surface area (Å²) in [7, 11) is -3.27. The first-order valence-corrected chi connectivity index (χ1v) is 9.35. The highest BCUT2D eigenvalue weighted by Gasteiger charge is 2.17. The lowest BCUT2D eigenvalue weighted by Gasteiger charge is -2.07. The number of hydrogen-bond donors (Lipinski definition) is 1. The minimum Gasteiger partial charge on any atom is -0.276 e. The number of halogens is 2. The minimum atomic E-state index is -3.27. The van der Waals surface area contributed by atoms with Crippen molar-refractivity contribution in [3.63, 3.8) is 0 Å². The molecule has 1 aromatic heterocycles. The van der Waals surface area contributed by atoms with Crippen molar-refractivity contribution in [2.24, 2.45) is 0 Å². The lowest BCUT2D eigenvalue weighted by atomic mass is 10.0. The highest BCUT2D eigenvalue weighted by atomic mass is 35.5. The van der Waals surface area contributed by atoms with Crippen LogP contribution in [0.1, 0.15) is 5.56 Å². The summed E-state index contributed by atoms with van der Waals surface area (Å²) >= 11 is 6.16. The average Bonchev–Trinajstić information content (AvgIpc) is 2.91. The molecule has 1 heterocycles. The average molecular weight is 365 g/mol. The van der Waals surface area contributed by atoms with Crippen LogP contribution in [0.15, 0.2) is 47.4 Å². The van der Waals surface area contributed by atoms with Gasteiger partial charge in [-0.2, -0.15) is 5.10 Å². The summed E-state index contributed by atoms with van der Waals surface area (Å²) in [6.07, 6.45) is 1.15. The maximum atomic E-state index is 13.9. The largest absolute Gasteiger partial charge is 0.276 e. The number of nitrogens with one attached hydrogen (secondary N) is 1. The number of aromatic amines is 1. The molecule has 0 spiro atoms. The van der Waals surface area contributed by atoms with Crippen molar-refractivity contribution in [1.82, 2.24) is 10.2 Å². The second-order valence-electron chi connectivity index (χ2n) is 5.52. The molecule has 0 amide bonds. The van der Waals surface area contributed by atoms with Crippen LogP contribution in [0.4, 0.5) is 4.39 Å². The van der Waals surface area contributed by atoms with E-state index in [-0.39, 0.29) is 15.9 Å². The maximum Gasteiger partial charge on any atom is 0.175 e. The number of H-pyrrole nitrogens is 1. The van der Waals surface area contributed by atoms with Gasteiger partial charge in [-0.05, 0) is 36.2 Å². The van der Waals surface area contributed by atoms with Crippen molar-refractivity contribution in [3.8, 4) is 22.4 Å². The molecular formula is C17H14ClFN2O2S. The Morgan fingerprint density at radius 2 is 1.71 bits per heavy atom. The molecule has 0 unspecified atom stereocenters. The number of sulfone groups is 1. The predicted octanol–water partition coefficient (Wildman–Crippen LogP) is 4.25. The van der Waals surface area contributed by atoms with Gasteiger partial charge in [-0.25, -0.2) is 12.8 Å². The van der Waals surface area contributed by atoms with E-state index in [1.807, 2.05) is 0 Å². The molecule has 0 fully saturated rings. The van der Waals surface area contributed by atoms with Gasteiger partial charge in [0.2, 0.25) is 0 Å². The van der Waals surface area contributed by atoms with Crippen molar-refractivity contribution in [3.05, 3.63) is 59.0 Å². The number of aromatic nitrogens is 2. The van der Waals surface area contributed by atoms with Gasteiger partial charge < -0.3 is 0 Å². The number of nitrogens with zero attached hydrogens (tertiary/aromatic N) is 1. The first-order chi connectivity index (χ1) is 11.3. The van der Waals surface area contributed by atoms with E-state index in [1.54, 1.807) is 31.2 Å². The van der Waals surface area contributed by atoms with Gasteiger partial charge in [0.05, 0.1) is 10.6 Å². The van der Waals surface area contributed by atoms with Crippen LogP contribution in [-0.2, 0) is 9.84 Å². The van der Waals surface area contributed by atoms with Crippen molar-refractivity contribution >= 4 is 21.4 Å². The van der Waals surface area contributed by atoms with Crippen LogP contribution in [0.25, 0.3) is 22.4 Å². The molecule has 7 heteroatoms. The molecular weight excluding hydrogens is 351 g/mol. The van der Waals surface area contributed by atoms with Crippen LogP contribution in [0, 0.1) is 12.7 Å². The zero-order chi connectivity index (χ0) is 17.5. The zero-order valence-electron chi connectivity index (χ0n) is 13.0. The Balaban J connectivity index is 2.12. The van der Waals surface area contributed by atoms with Gasteiger partial charge in [-0.3, -0.25) is 5.10 Å². The molecule has 3 aromatic rings. The second-order valence-corrected chi connectivity index (χ2v) is 7.90. The highest BCUT2D eigenvalue weighted by Crippen LogP contribution is 2.36. The SMILES string of the molecule is Cc1ccc(-c2c(Cl)n[nH]c2-c2ccc(S(C)(=O)=O)cc2)cc1F. The molecule has 1 N–H and O–H groups in total. The first kappa shape index (κ1) is 16.7. The Bertz CT molecular complexity index is 1010. The van der Waals surface area contributed by atoms with Gasteiger partial charge in [0.1, 0.15) is 5.82 Å². The molecule has 0 radical (unpaired) electrons. The van der Waals surface area contributed by atoms with Gasteiger partial charge in [-0.1, -0.05) is 35.9 Å². The van der Waals surface area contributed by atoms with E-state index in [0.29, 0.717) is 27.9 Å². The van der Waals surface area contributed by atoms with Gasteiger partial charge in [0, 0.05) is 17.4 Å². The van der Waals surface area contributed by atoms with E-state index in [4.69, 9.17) is 11.6 Å². The van der Waals surface area contributed by atoms with Crippen molar-refractivity contribution in [1.29, 1.82) is 0 Å². The van der Waals surface area contributed by atoms with Crippen LogP contribution in [0.5, 0.6) is 0 Å². The highest BCUT2D eigenvalue weighted by molar-refractivity contribution is 7.90. The Hall–Kier alpha value is -2.18. The third-order valence-corrected chi connectivity index (χ3v) is 5.16. The fourth-order valence-electron chi connectivity index (χ4n) is 2.41. The molecule has 0 saturated heterocycles. The van der Waals surface area contributed by atoms with Crippen molar-refractivity contribution < 1.29 is 12.8 Å². The summed E-state index contributed by atoms with van der Waals surface area (Å²) in [5.41, 5.74) is 3.01. The van der Waals surface area contributed by atoms with E-state index in [9.17, 15) is 12.8 Å². The molecule has 24 heavy (non-hydrogen) atoms. The van der Waals surface area contributed by atoms with Gasteiger partial charge in [0.15, 0.2) is 15.0 Å². The molecule has 0 aliphatic rings. The fourth-order valence-corrected chi connectivity index (χ4v) is 3.29. The van der Waals surface area contributed by atoms with Gasteiger partial charge >= 0.3 is 0 Å². The summed E-state index contributed by atoms with van der Waals surface area (Å²) in [5.74, 6) is -0.330. The first-order valence-electron chi connectivity index (χ1n) is 7.08. The Kier molecular flexibility index (Phi) is 4.19. The zero-order valence-corrected chi connectivity index (χ0v) is 14.5. The Morgan fingerprint density at radius 3 is 2.29 bits per heavy atom. The quantitative estimate of drug-likeness (QED) is 0.755. The summed E-state index contributed by atoms with van der Waals surface area (Å²) < 4.78 is 37.0. The second kappa shape index (κ2) is 6.03. The third-order valence-electron chi connectivity index (χ3n) is 3.75. The normalized spacial score (nSPS) is 11.7. The summed E-state index contributed by atoms with van der Waals surface area (Å²) in [6.45, 7) is 1.68. The standard InChI is InChI=1S/C17H14ClFN2O2S/c1-10-3-4-12(9-14(10)19)15-16(20-21-17(15)18)11-5-7-13(8-6-11)24(2,22)23/h3-9H,1-2H3,(H,20,21). The van der Waals surface area contributed by atoms with Crippen molar-refractivity contribution in [2.45, 2.75) is 11.8 Å².